The molecule has 7 heteroatoms. The Morgan fingerprint density at radius 1 is 1.43 bits per heavy atom. The zero-order valence-corrected chi connectivity index (χ0v) is 12.8. The number of β-amino-alcohol motifs (C(OH)–C–C–N with tert-alkyl or cyclic N) is 1. The van der Waals surface area contributed by atoms with Gasteiger partial charge in [-0.05, 0) is 18.2 Å². The number of hydrogen-bond donors (Lipinski definition) is 2. The molecule has 1 aliphatic rings. The summed E-state index contributed by atoms with van der Waals surface area (Å²) in [5.41, 5.74) is 0.167. The minimum absolute atomic E-state index is 0.167. The number of aromatic carboxylic acids is 1. The summed E-state index contributed by atoms with van der Waals surface area (Å²) >= 11 is 0. The molecule has 0 spiro atoms. The molecule has 0 saturated carbocycles. The molecule has 1 saturated heterocycles. The van der Waals surface area contributed by atoms with Crippen molar-refractivity contribution in [2.45, 2.75) is 18.8 Å². The third kappa shape index (κ3) is 3.52. The summed E-state index contributed by atoms with van der Waals surface area (Å²) in [6, 6.07) is 6.30. The van der Waals surface area contributed by atoms with Crippen molar-refractivity contribution in [2.24, 2.45) is 7.05 Å². The largest absolute Gasteiger partial charge is 0.486 e. The van der Waals surface area contributed by atoms with E-state index in [2.05, 4.69) is 9.88 Å². The summed E-state index contributed by atoms with van der Waals surface area (Å²) in [4.78, 5) is 17.3. The Labute approximate surface area is 133 Å². The van der Waals surface area contributed by atoms with Gasteiger partial charge in [0.2, 0.25) is 0 Å². The van der Waals surface area contributed by atoms with Crippen LogP contribution >= 0.6 is 0 Å². The number of imidazole rings is 1. The lowest BCUT2D eigenvalue weighted by Gasteiger charge is -2.17. The van der Waals surface area contributed by atoms with Gasteiger partial charge >= 0.3 is 5.97 Å². The fraction of sp³-hybridized carbons (Fsp3) is 0.375. The number of nitrogens with zero attached hydrogens (tertiary/aromatic N) is 3. The van der Waals surface area contributed by atoms with Gasteiger partial charge in [0.1, 0.15) is 23.8 Å². The number of carboxylic acid groups (broad SMARTS) is 1. The number of aliphatic hydroxyl groups is 1. The first kappa shape index (κ1) is 15.5. The van der Waals surface area contributed by atoms with Crippen molar-refractivity contribution in [3.8, 4) is 5.75 Å². The highest BCUT2D eigenvalue weighted by atomic mass is 16.5. The summed E-state index contributed by atoms with van der Waals surface area (Å²) in [6.45, 7) is 1.69. The van der Waals surface area contributed by atoms with Gasteiger partial charge < -0.3 is 19.5 Å². The van der Waals surface area contributed by atoms with Gasteiger partial charge in [0, 0.05) is 32.5 Å². The molecular weight excluding hydrogens is 298 g/mol. The summed E-state index contributed by atoms with van der Waals surface area (Å²) in [5, 5.41) is 19.2. The van der Waals surface area contributed by atoms with Crippen LogP contribution in [-0.4, -0.2) is 55.9 Å². The summed E-state index contributed by atoms with van der Waals surface area (Å²) in [6.07, 6.45) is 2.61. The standard InChI is InChI=1S/C16H19N3O4/c1-18-6-5-17-15(18)10-19-8-13(20)14(9-19)23-12-4-2-3-11(7-12)16(21)22/h2-7,13-14,20H,8-10H2,1H3,(H,21,22)/t13-,14-/m1/s1. The number of ether oxygens (including phenoxy) is 1. The SMILES string of the molecule is Cn1ccnc1CN1C[C@@H](O)[C@H](Oc2cccc(C(=O)O)c2)C1. The van der Waals surface area contributed by atoms with E-state index in [4.69, 9.17) is 9.84 Å². The molecule has 2 N–H and O–H groups in total. The first-order valence-corrected chi connectivity index (χ1v) is 7.39. The molecule has 1 aromatic heterocycles. The van der Waals surface area contributed by atoms with E-state index in [1.165, 1.54) is 12.1 Å². The molecular formula is C16H19N3O4. The van der Waals surface area contributed by atoms with Crippen LogP contribution in [0.25, 0.3) is 0 Å². The van der Waals surface area contributed by atoms with Crippen molar-refractivity contribution in [3.63, 3.8) is 0 Å². The highest BCUT2D eigenvalue weighted by molar-refractivity contribution is 5.88. The Morgan fingerprint density at radius 3 is 2.96 bits per heavy atom. The van der Waals surface area contributed by atoms with Crippen LogP contribution in [0.1, 0.15) is 16.2 Å². The van der Waals surface area contributed by atoms with Crippen LogP contribution in [-0.2, 0) is 13.6 Å². The Bertz CT molecular complexity index is 700. The van der Waals surface area contributed by atoms with E-state index in [1.54, 1.807) is 18.3 Å². The van der Waals surface area contributed by atoms with Crippen LogP contribution in [0.2, 0.25) is 0 Å². The maximum atomic E-state index is 11.0. The Balaban J connectivity index is 1.64. The number of carbonyl (C=O) groups is 1. The quantitative estimate of drug-likeness (QED) is 0.846. The predicted octanol–water partition coefficient (Wildman–Crippen LogP) is 0.742. The van der Waals surface area contributed by atoms with Crippen LogP contribution in [0.3, 0.4) is 0 Å². The predicted molar refractivity (Wildman–Crippen MR) is 82.3 cm³/mol. The van der Waals surface area contributed by atoms with Crippen LogP contribution < -0.4 is 4.74 Å². The first-order valence-electron chi connectivity index (χ1n) is 7.39. The van der Waals surface area contributed by atoms with Crippen molar-refractivity contribution in [3.05, 3.63) is 48.0 Å². The maximum Gasteiger partial charge on any atom is 0.335 e. The number of hydrogen-bond acceptors (Lipinski definition) is 5. The second kappa shape index (κ2) is 6.39. The molecule has 2 aromatic rings. The van der Waals surface area contributed by atoms with Gasteiger partial charge in [-0.3, -0.25) is 4.90 Å². The summed E-state index contributed by atoms with van der Waals surface area (Å²) < 4.78 is 7.72. The van der Waals surface area contributed by atoms with Crippen LogP contribution in [0, 0.1) is 0 Å². The number of aromatic nitrogens is 2. The molecule has 0 radical (unpaired) electrons. The number of aliphatic hydroxyl groups excluding tert-OH is 1. The Hall–Kier alpha value is -2.38. The van der Waals surface area contributed by atoms with Crippen molar-refractivity contribution in [1.29, 1.82) is 0 Å². The van der Waals surface area contributed by atoms with Crippen molar-refractivity contribution >= 4 is 5.97 Å². The molecule has 0 aliphatic carbocycles. The minimum atomic E-state index is -1.00. The van der Waals surface area contributed by atoms with E-state index < -0.39 is 12.1 Å². The number of likely N-dealkylation sites (tertiary alicyclic amines) is 1. The molecule has 1 aromatic carbocycles. The number of carboxylic acids is 1. The molecule has 2 atom stereocenters. The van der Waals surface area contributed by atoms with Crippen LogP contribution in [0.5, 0.6) is 5.75 Å². The summed E-state index contributed by atoms with van der Waals surface area (Å²) in [5.74, 6) is 0.373. The minimum Gasteiger partial charge on any atom is -0.486 e. The molecule has 7 nitrogen and oxygen atoms in total. The topological polar surface area (TPSA) is 87.8 Å². The lowest BCUT2D eigenvalue weighted by molar-refractivity contribution is 0.0688. The van der Waals surface area contributed by atoms with Gasteiger partial charge in [-0.2, -0.15) is 0 Å². The monoisotopic (exact) mass is 317 g/mol. The van der Waals surface area contributed by atoms with Crippen LogP contribution in [0.4, 0.5) is 0 Å². The van der Waals surface area contributed by atoms with E-state index in [0.29, 0.717) is 25.4 Å². The maximum absolute atomic E-state index is 11.0. The molecule has 0 unspecified atom stereocenters. The fourth-order valence-corrected chi connectivity index (χ4v) is 2.70. The third-order valence-electron chi connectivity index (χ3n) is 3.97. The number of rotatable bonds is 5. The lowest BCUT2D eigenvalue weighted by Crippen LogP contribution is -2.30. The van der Waals surface area contributed by atoms with E-state index in [-0.39, 0.29) is 11.7 Å². The van der Waals surface area contributed by atoms with E-state index >= 15 is 0 Å². The fourth-order valence-electron chi connectivity index (χ4n) is 2.70. The van der Waals surface area contributed by atoms with Crippen molar-refractivity contribution in [1.82, 2.24) is 14.5 Å². The van der Waals surface area contributed by atoms with Gasteiger partial charge in [0.25, 0.3) is 0 Å². The molecule has 122 valence electrons. The number of aryl methyl sites for hydroxylation is 1. The van der Waals surface area contributed by atoms with E-state index in [0.717, 1.165) is 5.82 Å². The molecule has 1 fully saturated rings. The summed E-state index contributed by atoms with van der Waals surface area (Å²) in [7, 11) is 1.93. The van der Waals surface area contributed by atoms with Gasteiger partial charge in [-0.15, -0.1) is 0 Å². The van der Waals surface area contributed by atoms with E-state index in [1.807, 2.05) is 17.8 Å². The second-order valence-corrected chi connectivity index (χ2v) is 5.71. The van der Waals surface area contributed by atoms with Gasteiger partial charge in [-0.25, -0.2) is 9.78 Å². The molecule has 0 amide bonds. The third-order valence-corrected chi connectivity index (χ3v) is 3.97. The van der Waals surface area contributed by atoms with E-state index in [9.17, 15) is 9.90 Å². The van der Waals surface area contributed by atoms with Gasteiger partial charge in [0.15, 0.2) is 0 Å². The average molecular weight is 317 g/mol. The molecule has 2 heterocycles. The highest BCUT2D eigenvalue weighted by Gasteiger charge is 2.33. The molecule has 3 rings (SSSR count). The zero-order chi connectivity index (χ0) is 16.4. The normalized spacial score (nSPS) is 21.5. The molecule has 1 aliphatic heterocycles. The van der Waals surface area contributed by atoms with Crippen LogP contribution in [0.15, 0.2) is 36.7 Å². The Kier molecular flexibility index (Phi) is 4.31. The molecule has 23 heavy (non-hydrogen) atoms. The van der Waals surface area contributed by atoms with Gasteiger partial charge in [0.05, 0.1) is 12.1 Å². The van der Waals surface area contributed by atoms with Crippen molar-refractivity contribution < 1.29 is 19.7 Å². The number of benzene rings is 1. The smallest absolute Gasteiger partial charge is 0.335 e. The zero-order valence-electron chi connectivity index (χ0n) is 12.8. The van der Waals surface area contributed by atoms with Gasteiger partial charge in [-0.1, -0.05) is 6.07 Å². The second-order valence-electron chi connectivity index (χ2n) is 5.71. The highest BCUT2D eigenvalue weighted by Crippen LogP contribution is 2.21. The first-order chi connectivity index (χ1) is 11.0. The lowest BCUT2D eigenvalue weighted by atomic mass is 10.2. The van der Waals surface area contributed by atoms with Crippen molar-refractivity contribution in [2.75, 3.05) is 13.1 Å². The Morgan fingerprint density at radius 2 is 2.26 bits per heavy atom. The average Bonchev–Trinajstić information content (AvgIpc) is 3.06. The molecule has 0 bridgehead atoms.